The molecule has 0 spiro atoms. The molecule has 2 heterocycles. The molecule has 0 bridgehead atoms. The first kappa shape index (κ1) is 14.3. The van der Waals surface area contributed by atoms with E-state index < -0.39 is 0 Å². The second-order valence-electron chi connectivity index (χ2n) is 5.41. The predicted octanol–water partition coefficient (Wildman–Crippen LogP) is 1.77. The van der Waals surface area contributed by atoms with Gasteiger partial charge in [-0.05, 0) is 18.1 Å². The fourth-order valence-corrected chi connectivity index (χ4v) is 2.76. The Hall–Kier alpha value is -1.10. The van der Waals surface area contributed by atoms with Gasteiger partial charge in [0, 0.05) is 26.2 Å². The van der Waals surface area contributed by atoms with E-state index in [1.54, 1.807) is 0 Å². The molecular weight excluding hydrogens is 260 g/mol. The summed E-state index contributed by atoms with van der Waals surface area (Å²) in [5.74, 6) is 1.71. The number of hydrogen-bond donors (Lipinski definition) is 1. The van der Waals surface area contributed by atoms with Crippen molar-refractivity contribution in [3.8, 4) is 0 Å². The maximum Gasteiger partial charge on any atom is 0.123 e. The van der Waals surface area contributed by atoms with Crippen molar-refractivity contribution in [2.75, 3.05) is 13.1 Å². The Morgan fingerprint density at radius 3 is 2.68 bits per heavy atom. The highest BCUT2D eigenvalue weighted by molar-refractivity contribution is 5.85. The summed E-state index contributed by atoms with van der Waals surface area (Å²) in [6.45, 7) is 5.16. The SMILES string of the molecule is CC1CN(Cc2nc3ccccc3n2C)CC1N.Cl. The van der Waals surface area contributed by atoms with E-state index in [9.17, 15) is 0 Å². The minimum Gasteiger partial charge on any atom is -0.330 e. The summed E-state index contributed by atoms with van der Waals surface area (Å²) in [4.78, 5) is 7.11. The third-order valence-corrected chi connectivity index (χ3v) is 3.99. The zero-order valence-electron chi connectivity index (χ0n) is 11.4. The number of benzene rings is 1. The molecule has 0 aliphatic carbocycles. The Morgan fingerprint density at radius 1 is 1.32 bits per heavy atom. The van der Waals surface area contributed by atoms with Crippen LogP contribution in [-0.4, -0.2) is 33.6 Å². The molecule has 2 N–H and O–H groups in total. The van der Waals surface area contributed by atoms with Crippen LogP contribution in [0, 0.1) is 5.92 Å². The molecule has 0 radical (unpaired) electrons. The average molecular weight is 281 g/mol. The summed E-state index contributed by atoms with van der Waals surface area (Å²) < 4.78 is 2.18. The van der Waals surface area contributed by atoms with Crippen LogP contribution in [0.2, 0.25) is 0 Å². The minimum atomic E-state index is 0. The van der Waals surface area contributed by atoms with Crippen LogP contribution in [0.4, 0.5) is 0 Å². The summed E-state index contributed by atoms with van der Waals surface area (Å²) in [5, 5.41) is 0. The molecule has 1 aliphatic rings. The van der Waals surface area contributed by atoms with Crippen LogP contribution in [0.5, 0.6) is 0 Å². The standard InChI is InChI=1S/C14H20N4.ClH/c1-10-7-18(8-11(10)15)9-14-16-12-5-3-4-6-13(12)17(14)2;/h3-6,10-11H,7-9,15H2,1-2H3;1H. The summed E-state index contributed by atoms with van der Waals surface area (Å²) in [6.07, 6.45) is 0. The molecule has 5 heteroatoms. The minimum absolute atomic E-state index is 0. The number of fused-ring (bicyclic) bond motifs is 1. The number of para-hydroxylation sites is 2. The lowest BCUT2D eigenvalue weighted by atomic mass is 10.1. The molecule has 104 valence electrons. The van der Waals surface area contributed by atoms with Crippen molar-refractivity contribution in [3.05, 3.63) is 30.1 Å². The van der Waals surface area contributed by atoms with Crippen molar-refractivity contribution >= 4 is 23.4 Å². The van der Waals surface area contributed by atoms with E-state index >= 15 is 0 Å². The molecule has 1 aliphatic heterocycles. The van der Waals surface area contributed by atoms with Crippen molar-refractivity contribution in [2.45, 2.75) is 19.5 Å². The number of aryl methyl sites for hydroxylation is 1. The van der Waals surface area contributed by atoms with Crippen molar-refractivity contribution < 1.29 is 0 Å². The molecule has 1 saturated heterocycles. The Labute approximate surface area is 120 Å². The number of nitrogens with two attached hydrogens (primary N) is 1. The first-order valence-corrected chi connectivity index (χ1v) is 6.53. The molecular formula is C14H21ClN4. The van der Waals surface area contributed by atoms with Gasteiger partial charge in [0.05, 0.1) is 17.6 Å². The lowest BCUT2D eigenvalue weighted by Gasteiger charge is -2.14. The largest absolute Gasteiger partial charge is 0.330 e. The Bertz CT molecular complexity index is 556. The maximum absolute atomic E-state index is 6.07. The number of aromatic nitrogens is 2. The Morgan fingerprint density at radius 2 is 2.05 bits per heavy atom. The van der Waals surface area contributed by atoms with Gasteiger partial charge in [0.1, 0.15) is 5.82 Å². The van der Waals surface area contributed by atoms with Gasteiger partial charge >= 0.3 is 0 Å². The fourth-order valence-electron chi connectivity index (χ4n) is 2.76. The lowest BCUT2D eigenvalue weighted by Crippen LogP contribution is -2.28. The van der Waals surface area contributed by atoms with Crippen LogP contribution in [0.3, 0.4) is 0 Å². The number of nitrogens with zero attached hydrogens (tertiary/aromatic N) is 3. The third kappa shape index (κ3) is 2.61. The quantitative estimate of drug-likeness (QED) is 0.912. The van der Waals surface area contributed by atoms with Crippen molar-refractivity contribution in [1.29, 1.82) is 0 Å². The molecule has 1 fully saturated rings. The van der Waals surface area contributed by atoms with E-state index in [2.05, 4.69) is 41.6 Å². The topological polar surface area (TPSA) is 47.1 Å². The molecule has 2 unspecified atom stereocenters. The lowest BCUT2D eigenvalue weighted by molar-refractivity contribution is 0.307. The van der Waals surface area contributed by atoms with Gasteiger partial charge in [0.25, 0.3) is 0 Å². The first-order chi connectivity index (χ1) is 8.65. The van der Waals surface area contributed by atoms with E-state index in [0.29, 0.717) is 12.0 Å². The molecule has 4 nitrogen and oxygen atoms in total. The van der Waals surface area contributed by atoms with Crippen LogP contribution >= 0.6 is 12.4 Å². The van der Waals surface area contributed by atoms with Crippen molar-refractivity contribution in [3.63, 3.8) is 0 Å². The van der Waals surface area contributed by atoms with E-state index in [4.69, 9.17) is 10.7 Å². The number of rotatable bonds is 2. The van der Waals surface area contributed by atoms with E-state index in [-0.39, 0.29) is 12.4 Å². The summed E-state index contributed by atoms with van der Waals surface area (Å²) in [5.41, 5.74) is 8.34. The van der Waals surface area contributed by atoms with Crippen LogP contribution < -0.4 is 5.73 Å². The van der Waals surface area contributed by atoms with Gasteiger partial charge in [0.15, 0.2) is 0 Å². The summed E-state index contributed by atoms with van der Waals surface area (Å²) >= 11 is 0. The molecule has 2 aromatic rings. The average Bonchev–Trinajstić information content (AvgIpc) is 2.83. The van der Waals surface area contributed by atoms with Crippen molar-refractivity contribution in [2.24, 2.45) is 18.7 Å². The first-order valence-electron chi connectivity index (χ1n) is 6.53. The van der Waals surface area contributed by atoms with Gasteiger partial charge in [0.2, 0.25) is 0 Å². The summed E-state index contributed by atoms with van der Waals surface area (Å²) in [6, 6.07) is 8.58. The van der Waals surface area contributed by atoms with Crippen LogP contribution in [-0.2, 0) is 13.6 Å². The molecule has 1 aromatic carbocycles. The molecule has 1 aromatic heterocycles. The van der Waals surface area contributed by atoms with E-state index in [0.717, 1.165) is 31.0 Å². The Kier molecular flexibility index (Phi) is 4.13. The number of halogens is 1. The molecule has 3 rings (SSSR count). The zero-order chi connectivity index (χ0) is 12.7. The number of hydrogen-bond acceptors (Lipinski definition) is 3. The highest BCUT2D eigenvalue weighted by Crippen LogP contribution is 2.19. The normalized spacial score (nSPS) is 23.7. The van der Waals surface area contributed by atoms with Crippen molar-refractivity contribution in [1.82, 2.24) is 14.5 Å². The highest BCUT2D eigenvalue weighted by Gasteiger charge is 2.27. The van der Waals surface area contributed by atoms with Gasteiger partial charge in [-0.2, -0.15) is 0 Å². The van der Waals surface area contributed by atoms with Gasteiger partial charge in [-0.1, -0.05) is 19.1 Å². The molecule has 2 atom stereocenters. The zero-order valence-corrected chi connectivity index (χ0v) is 12.2. The Balaban J connectivity index is 0.00000133. The fraction of sp³-hybridized carbons (Fsp3) is 0.500. The van der Waals surface area contributed by atoms with E-state index in [1.807, 2.05) is 6.07 Å². The van der Waals surface area contributed by atoms with Crippen LogP contribution in [0.25, 0.3) is 11.0 Å². The molecule has 0 saturated carbocycles. The number of imidazole rings is 1. The second-order valence-corrected chi connectivity index (χ2v) is 5.41. The highest BCUT2D eigenvalue weighted by atomic mass is 35.5. The second kappa shape index (κ2) is 5.49. The predicted molar refractivity (Wildman–Crippen MR) is 80.4 cm³/mol. The summed E-state index contributed by atoms with van der Waals surface area (Å²) in [7, 11) is 2.09. The maximum atomic E-state index is 6.07. The monoisotopic (exact) mass is 280 g/mol. The molecule has 0 amide bonds. The molecule has 19 heavy (non-hydrogen) atoms. The van der Waals surface area contributed by atoms with Gasteiger partial charge in [-0.15, -0.1) is 12.4 Å². The van der Waals surface area contributed by atoms with E-state index in [1.165, 1.54) is 5.52 Å². The van der Waals surface area contributed by atoms with Gasteiger partial charge in [-0.3, -0.25) is 4.90 Å². The van der Waals surface area contributed by atoms with Gasteiger partial charge < -0.3 is 10.3 Å². The smallest absolute Gasteiger partial charge is 0.123 e. The van der Waals surface area contributed by atoms with Gasteiger partial charge in [-0.25, -0.2) is 4.98 Å². The number of likely N-dealkylation sites (tertiary alicyclic amines) is 1. The van der Waals surface area contributed by atoms with Crippen LogP contribution in [0.15, 0.2) is 24.3 Å². The van der Waals surface area contributed by atoms with Crippen LogP contribution in [0.1, 0.15) is 12.7 Å². The third-order valence-electron chi connectivity index (χ3n) is 3.99.